The number of ether oxygens (including phenoxy) is 2. The molecule has 0 bridgehead atoms. The fraction of sp³-hybridized carbons (Fsp3) is 0.150. The van der Waals surface area contributed by atoms with E-state index in [9.17, 15) is 18.0 Å². The zero-order valence-corrected chi connectivity index (χ0v) is 16.3. The van der Waals surface area contributed by atoms with Crippen LogP contribution in [0.25, 0.3) is 10.6 Å². The Labute approximate surface area is 177 Å². The zero-order valence-electron chi connectivity index (χ0n) is 15.5. The second-order valence-corrected chi connectivity index (χ2v) is 7.43. The van der Waals surface area contributed by atoms with Crippen molar-refractivity contribution in [1.82, 2.24) is 4.98 Å². The monoisotopic (exact) mass is 450 g/mol. The molecule has 0 fully saturated rings. The average Bonchev–Trinajstić information content (AvgIpc) is 3.38. The van der Waals surface area contributed by atoms with Crippen molar-refractivity contribution >= 4 is 23.2 Å². The van der Waals surface area contributed by atoms with E-state index in [2.05, 4.69) is 14.9 Å². The SMILES string of the molecule is O=C(O)c1ccc(-c2ccc(OC3=NO[C@H](c4ccc(OC(F)(F)F)cc4)C3)cn2)s1. The molecule has 1 aliphatic heterocycles. The van der Waals surface area contributed by atoms with E-state index in [1.807, 2.05) is 0 Å². The molecule has 1 N–H and O–H groups in total. The number of carboxylic acids is 1. The lowest BCUT2D eigenvalue weighted by atomic mass is 10.1. The summed E-state index contributed by atoms with van der Waals surface area (Å²) in [5.41, 5.74) is 1.23. The van der Waals surface area contributed by atoms with Gasteiger partial charge in [-0.3, -0.25) is 4.98 Å². The number of pyridine rings is 1. The van der Waals surface area contributed by atoms with Gasteiger partial charge in [-0.15, -0.1) is 24.5 Å². The first-order valence-corrected chi connectivity index (χ1v) is 9.64. The molecule has 1 aromatic carbocycles. The molecular weight excluding hydrogens is 437 g/mol. The van der Waals surface area contributed by atoms with Crippen molar-refractivity contribution in [3.63, 3.8) is 0 Å². The molecule has 3 aromatic rings. The Bertz CT molecular complexity index is 1110. The summed E-state index contributed by atoms with van der Waals surface area (Å²) in [4.78, 5) is 21.5. The van der Waals surface area contributed by atoms with E-state index in [-0.39, 0.29) is 17.0 Å². The molecule has 4 rings (SSSR count). The maximum atomic E-state index is 12.2. The summed E-state index contributed by atoms with van der Waals surface area (Å²) >= 11 is 1.12. The number of carbonyl (C=O) groups is 1. The molecular formula is C20H13F3N2O5S. The summed E-state index contributed by atoms with van der Waals surface area (Å²) in [5.74, 6) is -0.610. The van der Waals surface area contributed by atoms with Crippen molar-refractivity contribution in [3.05, 3.63) is 65.2 Å². The van der Waals surface area contributed by atoms with Crippen LogP contribution in [0.15, 0.2) is 59.9 Å². The van der Waals surface area contributed by atoms with Crippen LogP contribution in [-0.4, -0.2) is 28.3 Å². The van der Waals surface area contributed by atoms with Crippen LogP contribution in [0, 0.1) is 0 Å². The molecule has 1 atom stereocenters. The maximum absolute atomic E-state index is 12.2. The molecule has 0 unspecified atom stereocenters. The van der Waals surface area contributed by atoms with E-state index >= 15 is 0 Å². The highest BCUT2D eigenvalue weighted by atomic mass is 32.1. The van der Waals surface area contributed by atoms with Crippen LogP contribution in [-0.2, 0) is 4.84 Å². The number of carboxylic acid groups (broad SMARTS) is 1. The number of benzene rings is 1. The minimum atomic E-state index is -4.75. The van der Waals surface area contributed by atoms with Crippen LogP contribution >= 0.6 is 11.3 Å². The Hall–Kier alpha value is -3.60. The predicted octanol–water partition coefficient (Wildman–Crippen LogP) is 5.26. The van der Waals surface area contributed by atoms with E-state index < -0.39 is 18.4 Å². The van der Waals surface area contributed by atoms with Crippen LogP contribution < -0.4 is 9.47 Å². The number of aromatic nitrogens is 1. The van der Waals surface area contributed by atoms with E-state index in [0.717, 1.165) is 11.3 Å². The minimum absolute atomic E-state index is 0.221. The third-order valence-corrected chi connectivity index (χ3v) is 5.26. The van der Waals surface area contributed by atoms with Crippen LogP contribution in [0.1, 0.15) is 27.8 Å². The molecule has 0 aliphatic carbocycles. The van der Waals surface area contributed by atoms with Crippen molar-refractivity contribution in [2.45, 2.75) is 18.9 Å². The average molecular weight is 450 g/mol. The normalized spacial score (nSPS) is 15.8. The molecule has 0 radical (unpaired) electrons. The summed E-state index contributed by atoms with van der Waals surface area (Å²) in [5, 5.41) is 12.9. The van der Waals surface area contributed by atoms with Gasteiger partial charge in [0.05, 0.1) is 23.2 Å². The Morgan fingerprint density at radius 1 is 1.10 bits per heavy atom. The number of aromatic carboxylic acids is 1. The lowest BCUT2D eigenvalue weighted by Gasteiger charge is -2.11. The number of hydrogen-bond donors (Lipinski definition) is 1. The highest BCUT2D eigenvalue weighted by Gasteiger charge is 2.31. The van der Waals surface area contributed by atoms with Gasteiger partial charge in [0.25, 0.3) is 0 Å². The Kier molecular flexibility index (Phi) is 5.51. The fourth-order valence-corrected chi connectivity index (χ4v) is 3.61. The van der Waals surface area contributed by atoms with Gasteiger partial charge in [0, 0.05) is 0 Å². The Morgan fingerprint density at radius 2 is 1.84 bits per heavy atom. The number of thiophene rings is 1. The van der Waals surface area contributed by atoms with Gasteiger partial charge in [-0.05, 0) is 42.0 Å². The van der Waals surface area contributed by atoms with Gasteiger partial charge in [-0.2, -0.15) is 0 Å². The van der Waals surface area contributed by atoms with Crippen LogP contribution in [0.4, 0.5) is 13.2 Å². The summed E-state index contributed by atoms with van der Waals surface area (Å²) in [6, 6.07) is 11.9. The summed E-state index contributed by atoms with van der Waals surface area (Å²) in [6.07, 6.45) is -3.48. The molecule has 2 aromatic heterocycles. The number of alkyl halides is 3. The van der Waals surface area contributed by atoms with Gasteiger partial charge in [0.1, 0.15) is 16.4 Å². The third-order valence-electron chi connectivity index (χ3n) is 4.17. The predicted molar refractivity (Wildman–Crippen MR) is 104 cm³/mol. The second-order valence-electron chi connectivity index (χ2n) is 6.35. The fourth-order valence-electron chi connectivity index (χ4n) is 2.79. The van der Waals surface area contributed by atoms with Gasteiger partial charge in [-0.25, -0.2) is 4.79 Å². The van der Waals surface area contributed by atoms with Crippen molar-refractivity contribution in [2.75, 3.05) is 0 Å². The molecule has 1 aliphatic rings. The zero-order chi connectivity index (χ0) is 22.0. The quantitative estimate of drug-likeness (QED) is 0.570. The van der Waals surface area contributed by atoms with E-state index in [1.54, 1.807) is 18.2 Å². The van der Waals surface area contributed by atoms with Gasteiger partial charge in [0.15, 0.2) is 6.10 Å². The van der Waals surface area contributed by atoms with Gasteiger partial charge < -0.3 is 19.4 Å². The second kappa shape index (κ2) is 8.26. The largest absolute Gasteiger partial charge is 0.573 e. The highest BCUT2D eigenvalue weighted by molar-refractivity contribution is 7.17. The minimum Gasteiger partial charge on any atom is -0.477 e. The van der Waals surface area contributed by atoms with E-state index in [4.69, 9.17) is 14.7 Å². The molecule has 11 heteroatoms. The molecule has 160 valence electrons. The van der Waals surface area contributed by atoms with Gasteiger partial charge in [-0.1, -0.05) is 17.3 Å². The molecule has 0 saturated carbocycles. The van der Waals surface area contributed by atoms with E-state index in [0.29, 0.717) is 27.8 Å². The first-order valence-electron chi connectivity index (χ1n) is 8.82. The van der Waals surface area contributed by atoms with Crippen molar-refractivity contribution in [1.29, 1.82) is 0 Å². The number of hydrogen-bond acceptors (Lipinski definition) is 7. The number of oxime groups is 1. The summed E-state index contributed by atoms with van der Waals surface area (Å²) < 4.78 is 46.2. The number of nitrogens with zero attached hydrogens (tertiary/aromatic N) is 2. The van der Waals surface area contributed by atoms with Crippen LogP contribution in [0.3, 0.4) is 0 Å². The Balaban J connectivity index is 1.35. The number of halogens is 3. The molecule has 0 saturated heterocycles. The summed E-state index contributed by atoms with van der Waals surface area (Å²) in [7, 11) is 0. The standard InChI is InChI=1S/C20H13F3N2O5S/c21-20(22,23)29-12-3-1-11(2-4-12)15-9-18(25-30-15)28-13-5-6-14(24-10-13)16-7-8-17(31-16)19(26)27/h1-8,10,15H,9H2,(H,26,27)/t15-/m0/s1. The topological polar surface area (TPSA) is 90.2 Å². The van der Waals surface area contributed by atoms with Crippen LogP contribution in [0.2, 0.25) is 0 Å². The molecule has 31 heavy (non-hydrogen) atoms. The van der Waals surface area contributed by atoms with Crippen molar-refractivity contribution in [3.8, 4) is 22.1 Å². The maximum Gasteiger partial charge on any atom is 0.573 e. The highest BCUT2D eigenvalue weighted by Crippen LogP contribution is 2.31. The Morgan fingerprint density at radius 3 is 2.45 bits per heavy atom. The molecule has 0 spiro atoms. The third kappa shape index (κ3) is 5.12. The molecule has 0 amide bonds. The van der Waals surface area contributed by atoms with Crippen molar-refractivity contribution in [2.24, 2.45) is 5.16 Å². The smallest absolute Gasteiger partial charge is 0.477 e. The number of rotatable bonds is 5. The van der Waals surface area contributed by atoms with Crippen LogP contribution in [0.5, 0.6) is 11.5 Å². The molecule has 3 heterocycles. The summed E-state index contributed by atoms with van der Waals surface area (Å²) in [6.45, 7) is 0. The van der Waals surface area contributed by atoms with Crippen molar-refractivity contribution < 1.29 is 37.4 Å². The van der Waals surface area contributed by atoms with Gasteiger partial charge in [0.2, 0.25) is 5.90 Å². The lowest BCUT2D eigenvalue weighted by molar-refractivity contribution is -0.274. The first-order chi connectivity index (χ1) is 14.8. The van der Waals surface area contributed by atoms with E-state index in [1.165, 1.54) is 36.5 Å². The lowest BCUT2D eigenvalue weighted by Crippen LogP contribution is -2.17. The first kappa shape index (κ1) is 20.7. The molecule has 7 nitrogen and oxygen atoms in total. The van der Waals surface area contributed by atoms with Gasteiger partial charge >= 0.3 is 12.3 Å².